The average molecular weight is 264 g/mol. The van der Waals surface area contributed by atoms with Crippen molar-refractivity contribution in [3.8, 4) is 0 Å². The lowest BCUT2D eigenvalue weighted by Crippen LogP contribution is -2.19. The van der Waals surface area contributed by atoms with Gasteiger partial charge in [0.2, 0.25) is 5.95 Å². The Balaban J connectivity index is 1.77. The number of anilines is 2. The SMILES string of the molecule is CC(C)CCNc1ccnc(NCC2CCCO2)n1. The average Bonchev–Trinajstić information content (AvgIpc) is 2.89. The van der Waals surface area contributed by atoms with Gasteiger partial charge in [-0.15, -0.1) is 0 Å². The molecule has 1 fully saturated rings. The molecule has 5 nitrogen and oxygen atoms in total. The Morgan fingerprint density at radius 3 is 3.05 bits per heavy atom. The highest BCUT2D eigenvalue weighted by Gasteiger charge is 2.15. The molecular weight excluding hydrogens is 240 g/mol. The van der Waals surface area contributed by atoms with Crippen LogP contribution in [0.4, 0.5) is 11.8 Å². The third-order valence-corrected chi connectivity index (χ3v) is 3.20. The summed E-state index contributed by atoms with van der Waals surface area (Å²) in [5, 5.41) is 6.56. The van der Waals surface area contributed by atoms with E-state index in [0.29, 0.717) is 18.0 Å². The molecule has 0 bridgehead atoms. The minimum absolute atomic E-state index is 0.307. The largest absolute Gasteiger partial charge is 0.376 e. The van der Waals surface area contributed by atoms with Crippen LogP contribution in [0.15, 0.2) is 12.3 Å². The minimum Gasteiger partial charge on any atom is -0.376 e. The van der Waals surface area contributed by atoms with Crippen LogP contribution in [-0.4, -0.2) is 35.8 Å². The number of aromatic nitrogens is 2. The molecular formula is C14H24N4O. The maximum atomic E-state index is 5.56. The van der Waals surface area contributed by atoms with Gasteiger partial charge in [-0.3, -0.25) is 0 Å². The summed E-state index contributed by atoms with van der Waals surface area (Å²) in [5.74, 6) is 2.25. The van der Waals surface area contributed by atoms with Crippen molar-refractivity contribution in [2.45, 2.75) is 39.2 Å². The molecule has 0 saturated carbocycles. The van der Waals surface area contributed by atoms with Crippen LogP contribution in [0, 0.1) is 5.92 Å². The van der Waals surface area contributed by atoms with Crippen LogP contribution in [-0.2, 0) is 4.74 Å². The highest BCUT2D eigenvalue weighted by atomic mass is 16.5. The Bertz CT molecular complexity index is 377. The molecule has 19 heavy (non-hydrogen) atoms. The Labute approximate surface area is 115 Å². The zero-order valence-corrected chi connectivity index (χ0v) is 11.9. The van der Waals surface area contributed by atoms with Crippen LogP contribution in [0.5, 0.6) is 0 Å². The summed E-state index contributed by atoms with van der Waals surface area (Å²) < 4.78 is 5.56. The Kier molecular flexibility index (Phi) is 5.39. The van der Waals surface area contributed by atoms with Gasteiger partial charge in [-0.2, -0.15) is 4.98 Å². The van der Waals surface area contributed by atoms with Gasteiger partial charge in [0.25, 0.3) is 0 Å². The van der Waals surface area contributed by atoms with Gasteiger partial charge in [0.15, 0.2) is 0 Å². The fraction of sp³-hybridized carbons (Fsp3) is 0.714. The smallest absolute Gasteiger partial charge is 0.224 e. The summed E-state index contributed by atoms with van der Waals surface area (Å²) in [4.78, 5) is 8.67. The van der Waals surface area contributed by atoms with E-state index in [2.05, 4.69) is 34.4 Å². The van der Waals surface area contributed by atoms with Crippen LogP contribution >= 0.6 is 0 Å². The van der Waals surface area contributed by atoms with E-state index in [1.807, 2.05) is 6.07 Å². The zero-order chi connectivity index (χ0) is 13.5. The zero-order valence-electron chi connectivity index (χ0n) is 11.9. The molecule has 0 amide bonds. The van der Waals surface area contributed by atoms with Gasteiger partial charge in [0.1, 0.15) is 5.82 Å². The van der Waals surface area contributed by atoms with Crippen molar-refractivity contribution < 1.29 is 4.74 Å². The van der Waals surface area contributed by atoms with E-state index in [0.717, 1.165) is 44.8 Å². The Morgan fingerprint density at radius 2 is 2.32 bits per heavy atom. The first-order valence-electron chi connectivity index (χ1n) is 7.16. The molecule has 1 aliphatic heterocycles. The second-order valence-corrected chi connectivity index (χ2v) is 5.39. The second-order valence-electron chi connectivity index (χ2n) is 5.39. The van der Waals surface area contributed by atoms with Gasteiger partial charge in [-0.05, 0) is 31.2 Å². The first-order chi connectivity index (χ1) is 9.24. The van der Waals surface area contributed by atoms with E-state index in [1.54, 1.807) is 6.20 Å². The number of rotatable bonds is 7. The van der Waals surface area contributed by atoms with E-state index in [-0.39, 0.29) is 0 Å². The lowest BCUT2D eigenvalue weighted by molar-refractivity contribution is 0.120. The number of hydrogen-bond acceptors (Lipinski definition) is 5. The summed E-state index contributed by atoms with van der Waals surface area (Å²) in [7, 11) is 0. The van der Waals surface area contributed by atoms with E-state index in [4.69, 9.17) is 4.74 Å². The monoisotopic (exact) mass is 264 g/mol. The fourth-order valence-electron chi connectivity index (χ4n) is 2.04. The molecule has 1 aromatic rings. The van der Waals surface area contributed by atoms with E-state index >= 15 is 0 Å². The van der Waals surface area contributed by atoms with Crippen molar-refractivity contribution >= 4 is 11.8 Å². The van der Waals surface area contributed by atoms with Crippen LogP contribution < -0.4 is 10.6 Å². The van der Waals surface area contributed by atoms with Gasteiger partial charge in [-0.1, -0.05) is 13.8 Å². The molecule has 0 aliphatic carbocycles. The number of hydrogen-bond donors (Lipinski definition) is 2. The fourth-order valence-corrected chi connectivity index (χ4v) is 2.04. The number of ether oxygens (including phenoxy) is 1. The third-order valence-electron chi connectivity index (χ3n) is 3.20. The normalized spacial score (nSPS) is 18.8. The van der Waals surface area contributed by atoms with Gasteiger partial charge >= 0.3 is 0 Å². The number of nitrogens with one attached hydrogen (secondary N) is 2. The molecule has 0 aromatic carbocycles. The van der Waals surface area contributed by atoms with Crippen LogP contribution in [0.25, 0.3) is 0 Å². The summed E-state index contributed by atoms with van der Waals surface area (Å²) in [6.45, 7) is 7.05. The molecule has 5 heteroatoms. The van der Waals surface area contributed by atoms with Crippen molar-refractivity contribution in [3.63, 3.8) is 0 Å². The van der Waals surface area contributed by atoms with Gasteiger partial charge in [0.05, 0.1) is 6.10 Å². The quantitative estimate of drug-likeness (QED) is 0.792. The molecule has 2 N–H and O–H groups in total. The standard InChI is InChI=1S/C14H24N4O/c1-11(2)5-7-15-13-6-8-16-14(18-13)17-10-12-4-3-9-19-12/h6,8,11-12H,3-5,7,9-10H2,1-2H3,(H2,15,16,17,18). The molecule has 1 aromatic heterocycles. The summed E-state index contributed by atoms with van der Waals surface area (Å²) >= 11 is 0. The van der Waals surface area contributed by atoms with Gasteiger partial charge < -0.3 is 15.4 Å². The molecule has 1 saturated heterocycles. The molecule has 2 heterocycles. The van der Waals surface area contributed by atoms with Crippen molar-refractivity contribution in [2.75, 3.05) is 30.3 Å². The predicted molar refractivity (Wildman–Crippen MR) is 77.4 cm³/mol. The molecule has 0 radical (unpaired) electrons. The Morgan fingerprint density at radius 1 is 1.42 bits per heavy atom. The van der Waals surface area contributed by atoms with Crippen LogP contribution in [0.1, 0.15) is 33.1 Å². The first kappa shape index (κ1) is 14.1. The van der Waals surface area contributed by atoms with Gasteiger partial charge in [0, 0.05) is 25.9 Å². The maximum absolute atomic E-state index is 5.56. The summed E-state index contributed by atoms with van der Waals surface area (Å²) in [5.41, 5.74) is 0. The minimum atomic E-state index is 0.307. The second kappa shape index (κ2) is 7.28. The van der Waals surface area contributed by atoms with Crippen molar-refractivity contribution in [3.05, 3.63) is 12.3 Å². The Hall–Kier alpha value is -1.36. The van der Waals surface area contributed by atoms with E-state index < -0.39 is 0 Å². The molecule has 1 unspecified atom stereocenters. The van der Waals surface area contributed by atoms with Gasteiger partial charge in [-0.25, -0.2) is 4.98 Å². The third kappa shape index (κ3) is 5.03. The predicted octanol–water partition coefficient (Wildman–Crippen LogP) is 2.53. The lowest BCUT2D eigenvalue weighted by atomic mass is 10.1. The number of nitrogens with zero attached hydrogens (tertiary/aromatic N) is 2. The van der Waals surface area contributed by atoms with Crippen LogP contribution in [0.3, 0.4) is 0 Å². The van der Waals surface area contributed by atoms with Crippen molar-refractivity contribution in [2.24, 2.45) is 5.92 Å². The molecule has 106 valence electrons. The molecule has 1 atom stereocenters. The van der Waals surface area contributed by atoms with Crippen LogP contribution in [0.2, 0.25) is 0 Å². The van der Waals surface area contributed by atoms with Crippen molar-refractivity contribution in [1.29, 1.82) is 0 Å². The topological polar surface area (TPSA) is 59.1 Å². The molecule has 2 rings (SSSR count). The summed E-state index contributed by atoms with van der Waals surface area (Å²) in [6.07, 6.45) is 5.51. The van der Waals surface area contributed by atoms with E-state index in [1.165, 1.54) is 0 Å². The molecule has 1 aliphatic rings. The first-order valence-corrected chi connectivity index (χ1v) is 7.16. The van der Waals surface area contributed by atoms with E-state index in [9.17, 15) is 0 Å². The highest BCUT2D eigenvalue weighted by molar-refractivity contribution is 5.39. The lowest BCUT2D eigenvalue weighted by Gasteiger charge is -2.12. The molecule has 0 spiro atoms. The summed E-state index contributed by atoms with van der Waals surface area (Å²) in [6, 6.07) is 1.90. The maximum Gasteiger partial charge on any atom is 0.224 e. The van der Waals surface area contributed by atoms with Crippen molar-refractivity contribution in [1.82, 2.24) is 9.97 Å². The highest BCUT2D eigenvalue weighted by Crippen LogP contribution is 2.13.